The number of thioether (sulfide) groups is 1. The molecule has 0 saturated heterocycles. The van der Waals surface area contributed by atoms with Crippen LogP contribution < -0.4 is 10.6 Å². The minimum absolute atomic E-state index is 0.141. The highest BCUT2D eigenvalue weighted by Gasteiger charge is 2.23. The summed E-state index contributed by atoms with van der Waals surface area (Å²) in [6.45, 7) is 4.76. The van der Waals surface area contributed by atoms with E-state index in [0.717, 1.165) is 28.7 Å². The van der Waals surface area contributed by atoms with Gasteiger partial charge in [0.2, 0.25) is 21.1 Å². The van der Waals surface area contributed by atoms with Crippen LogP contribution >= 0.6 is 39.0 Å². The summed E-state index contributed by atoms with van der Waals surface area (Å²) in [6.07, 6.45) is 1.44. The van der Waals surface area contributed by atoms with Crippen molar-refractivity contribution in [3.8, 4) is 0 Å². The van der Waals surface area contributed by atoms with Gasteiger partial charge in [0.1, 0.15) is 0 Å². The number of nitrogens with zero attached hydrogens (tertiary/aromatic N) is 3. The second-order valence-corrected chi connectivity index (χ2v) is 12.7. The number of carbonyl (C=O) groups excluding carboxylic acids is 2. The van der Waals surface area contributed by atoms with E-state index in [4.69, 9.17) is 0 Å². The Morgan fingerprint density at radius 3 is 2.22 bits per heavy atom. The van der Waals surface area contributed by atoms with Crippen LogP contribution in [0.3, 0.4) is 0 Å². The predicted molar refractivity (Wildman–Crippen MR) is 147 cm³/mol. The molecule has 1 aromatic heterocycles. The molecule has 0 aliphatic rings. The fourth-order valence-corrected chi connectivity index (χ4v) is 6.56. The van der Waals surface area contributed by atoms with Crippen molar-refractivity contribution in [2.45, 2.75) is 35.9 Å². The minimum atomic E-state index is -3.61. The molecule has 3 aromatic rings. The lowest BCUT2D eigenvalue weighted by molar-refractivity contribution is -0.113. The first-order chi connectivity index (χ1) is 17.2. The molecule has 3 rings (SSSR count). The van der Waals surface area contributed by atoms with Crippen LogP contribution in [-0.2, 0) is 14.8 Å². The first-order valence-electron chi connectivity index (χ1n) is 11.2. The van der Waals surface area contributed by atoms with Crippen LogP contribution in [0.5, 0.6) is 0 Å². The third-order valence-electron chi connectivity index (χ3n) is 4.78. The van der Waals surface area contributed by atoms with E-state index in [1.807, 2.05) is 26.0 Å². The number of carbonyl (C=O) groups is 2. The maximum absolute atomic E-state index is 12.9. The monoisotopic (exact) mass is 611 g/mol. The van der Waals surface area contributed by atoms with Crippen LogP contribution in [0.25, 0.3) is 0 Å². The van der Waals surface area contributed by atoms with Crippen molar-refractivity contribution >= 4 is 71.7 Å². The van der Waals surface area contributed by atoms with Crippen LogP contribution in [0.2, 0.25) is 0 Å². The predicted octanol–water partition coefficient (Wildman–Crippen LogP) is 5.09. The molecule has 0 spiro atoms. The standard InChI is InChI=1S/C23H26BrN5O4S3/c1-3-13-29(14-4-2)36(32,33)19-11-5-16(6-12-19)21(31)26-22-27-28-23(35-22)34-15-20(30)25-18-9-7-17(24)8-10-18/h5-12H,3-4,13-15H2,1-2H3,(H,25,30)(H,26,27,31). The number of sulfonamides is 1. The lowest BCUT2D eigenvalue weighted by atomic mass is 10.2. The SMILES string of the molecule is CCCN(CCC)S(=O)(=O)c1ccc(C(=O)Nc2nnc(SCC(=O)Nc3ccc(Br)cc3)s2)cc1. The first kappa shape index (κ1) is 28.3. The van der Waals surface area contributed by atoms with Gasteiger partial charge in [-0.2, -0.15) is 4.31 Å². The van der Waals surface area contributed by atoms with Crippen molar-refractivity contribution in [1.29, 1.82) is 0 Å². The lowest BCUT2D eigenvalue weighted by Crippen LogP contribution is -2.32. The second-order valence-electron chi connectivity index (χ2n) is 7.60. The van der Waals surface area contributed by atoms with Crippen LogP contribution in [0.1, 0.15) is 37.0 Å². The molecular weight excluding hydrogens is 586 g/mol. The van der Waals surface area contributed by atoms with Crippen molar-refractivity contribution in [3.63, 3.8) is 0 Å². The topological polar surface area (TPSA) is 121 Å². The molecule has 0 aliphatic heterocycles. The lowest BCUT2D eigenvalue weighted by Gasteiger charge is -2.21. The van der Waals surface area contributed by atoms with Crippen LogP contribution in [0.15, 0.2) is 62.2 Å². The molecule has 2 N–H and O–H groups in total. The van der Waals surface area contributed by atoms with E-state index in [1.54, 1.807) is 12.1 Å². The van der Waals surface area contributed by atoms with E-state index in [-0.39, 0.29) is 21.7 Å². The molecule has 0 radical (unpaired) electrons. The van der Waals surface area contributed by atoms with Gasteiger partial charge in [0.15, 0.2) is 4.34 Å². The summed E-state index contributed by atoms with van der Waals surface area (Å²) in [5.41, 5.74) is 0.987. The molecule has 192 valence electrons. The number of rotatable bonds is 12. The van der Waals surface area contributed by atoms with Gasteiger partial charge < -0.3 is 5.32 Å². The van der Waals surface area contributed by atoms with Gasteiger partial charge in [-0.3, -0.25) is 14.9 Å². The van der Waals surface area contributed by atoms with E-state index >= 15 is 0 Å². The number of amides is 2. The van der Waals surface area contributed by atoms with Gasteiger partial charge in [0.25, 0.3) is 5.91 Å². The molecule has 13 heteroatoms. The number of hydrogen-bond donors (Lipinski definition) is 2. The number of hydrogen-bond acceptors (Lipinski definition) is 8. The fraction of sp³-hybridized carbons (Fsp3) is 0.304. The van der Waals surface area contributed by atoms with Crippen molar-refractivity contribution < 1.29 is 18.0 Å². The molecule has 9 nitrogen and oxygen atoms in total. The zero-order chi connectivity index (χ0) is 26.1. The fourth-order valence-electron chi connectivity index (χ4n) is 3.12. The van der Waals surface area contributed by atoms with Crippen molar-refractivity contribution in [2.75, 3.05) is 29.5 Å². The number of anilines is 2. The Morgan fingerprint density at radius 1 is 0.972 bits per heavy atom. The third kappa shape index (κ3) is 7.84. The van der Waals surface area contributed by atoms with Crippen molar-refractivity contribution in [2.24, 2.45) is 0 Å². The second kappa shape index (κ2) is 13.3. The largest absolute Gasteiger partial charge is 0.325 e. The molecule has 0 unspecified atom stereocenters. The van der Waals surface area contributed by atoms with Gasteiger partial charge in [-0.15, -0.1) is 10.2 Å². The Kier molecular flexibility index (Phi) is 10.4. The summed E-state index contributed by atoms with van der Waals surface area (Å²) in [6, 6.07) is 13.1. The molecule has 0 fully saturated rings. The molecule has 0 aliphatic carbocycles. The zero-order valence-corrected chi connectivity index (χ0v) is 23.8. The Hall–Kier alpha value is -2.32. The maximum atomic E-state index is 12.9. The Morgan fingerprint density at radius 2 is 1.61 bits per heavy atom. The van der Waals surface area contributed by atoms with Crippen molar-refractivity contribution in [1.82, 2.24) is 14.5 Å². The van der Waals surface area contributed by atoms with Gasteiger partial charge in [-0.25, -0.2) is 8.42 Å². The first-order valence-corrected chi connectivity index (χ1v) is 15.2. The van der Waals surface area contributed by atoms with E-state index in [9.17, 15) is 18.0 Å². The molecular formula is C23H26BrN5O4S3. The Balaban J connectivity index is 1.55. The number of nitrogens with one attached hydrogen (secondary N) is 2. The average molecular weight is 613 g/mol. The van der Waals surface area contributed by atoms with Gasteiger partial charge in [-0.1, -0.05) is 52.9 Å². The maximum Gasteiger partial charge on any atom is 0.257 e. The quantitative estimate of drug-likeness (QED) is 0.216. The van der Waals surface area contributed by atoms with E-state index in [0.29, 0.717) is 28.7 Å². The Bertz CT molecular complexity index is 1280. The van der Waals surface area contributed by atoms with Crippen LogP contribution in [0, 0.1) is 0 Å². The number of benzene rings is 2. The highest BCUT2D eigenvalue weighted by molar-refractivity contribution is 9.10. The van der Waals surface area contributed by atoms with Crippen LogP contribution in [0.4, 0.5) is 10.8 Å². The summed E-state index contributed by atoms with van der Waals surface area (Å²) in [4.78, 5) is 24.9. The van der Waals surface area contributed by atoms with Gasteiger partial charge in [-0.05, 0) is 61.4 Å². The summed E-state index contributed by atoms with van der Waals surface area (Å²) >= 11 is 5.71. The van der Waals surface area contributed by atoms with E-state index in [1.165, 1.54) is 40.3 Å². The molecule has 0 bridgehead atoms. The Labute approximate surface area is 227 Å². The highest BCUT2D eigenvalue weighted by atomic mass is 79.9. The summed E-state index contributed by atoms with van der Waals surface area (Å²) in [5.74, 6) is -0.477. The highest BCUT2D eigenvalue weighted by Crippen LogP contribution is 2.26. The molecule has 2 amide bonds. The summed E-state index contributed by atoms with van der Waals surface area (Å²) in [5, 5.41) is 13.7. The van der Waals surface area contributed by atoms with Gasteiger partial charge in [0.05, 0.1) is 10.6 Å². The molecule has 1 heterocycles. The molecule has 36 heavy (non-hydrogen) atoms. The summed E-state index contributed by atoms with van der Waals surface area (Å²) < 4.78 is 28.7. The van der Waals surface area contributed by atoms with Crippen LogP contribution in [-0.4, -0.2) is 53.6 Å². The normalized spacial score (nSPS) is 11.4. The van der Waals surface area contributed by atoms with E-state index in [2.05, 4.69) is 36.8 Å². The third-order valence-corrected chi connectivity index (χ3v) is 9.20. The molecule has 0 saturated carbocycles. The van der Waals surface area contributed by atoms with Crippen molar-refractivity contribution in [3.05, 3.63) is 58.6 Å². The smallest absolute Gasteiger partial charge is 0.257 e. The van der Waals surface area contributed by atoms with E-state index < -0.39 is 15.9 Å². The minimum Gasteiger partial charge on any atom is -0.325 e. The number of halogens is 1. The average Bonchev–Trinajstić information content (AvgIpc) is 3.31. The number of aromatic nitrogens is 2. The zero-order valence-electron chi connectivity index (χ0n) is 19.7. The molecule has 0 atom stereocenters. The molecule has 2 aromatic carbocycles. The summed E-state index contributed by atoms with van der Waals surface area (Å²) in [7, 11) is -3.61. The van der Waals surface area contributed by atoms with Gasteiger partial charge in [0, 0.05) is 28.8 Å². The van der Waals surface area contributed by atoms with Gasteiger partial charge >= 0.3 is 0 Å².